The van der Waals surface area contributed by atoms with Crippen molar-refractivity contribution < 1.29 is 13.2 Å². The highest BCUT2D eigenvalue weighted by molar-refractivity contribution is 7.89. The number of aryl methyl sites for hydroxylation is 1. The number of rotatable bonds is 4. The third-order valence-corrected chi connectivity index (χ3v) is 8.52. The first-order valence-corrected chi connectivity index (χ1v) is 11.8. The second-order valence-corrected chi connectivity index (χ2v) is 10.7. The lowest BCUT2D eigenvalue weighted by atomic mass is 9.79. The van der Waals surface area contributed by atoms with Crippen LogP contribution < -0.4 is 0 Å². The summed E-state index contributed by atoms with van der Waals surface area (Å²) in [5.74, 6) is 0.739. The van der Waals surface area contributed by atoms with Crippen molar-refractivity contribution in [3.8, 4) is 0 Å². The van der Waals surface area contributed by atoms with Crippen molar-refractivity contribution in [3.63, 3.8) is 0 Å². The van der Waals surface area contributed by atoms with Crippen LogP contribution in [0.2, 0.25) is 0 Å². The van der Waals surface area contributed by atoms with Crippen molar-refractivity contribution in [1.82, 2.24) is 9.21 Å². The van der Waals surface area contributed by atoms with E-state index >= 15 is 0 Å². The van der Waals surface area contributed by atoms with Crippen molar-refractivity contribution >= 4 is 10.0 Å². The number of ether oxygens (including phenoxy) is 1. The van der Waals surface area contributed by atoms with Gasteiger partial charge in [0, 0.05) is 39.4 Å². The van der Waals surface area contributed by atoms with Crippen LogP contribution in [0.25, 0.3) is 0 Å². The summed E-state index contributed by atoms with van der Waals surface area (Å²) in [5, 5.41) is 0. The van der Waals surface area contributed by atoms with Gasteiger partial charge in [-0.25, -0.2) is 8.42 Å². The molecular formula is C21H32N2O3S. The third kappa shape index (κ3) is 4.24. The molecule has 3 aliphatic rings. The molecule has 0 amide bonds. The van der Waals surface area contributed by atoms with Crippen LogP contribution in [0.4, 0.5) is 0 Å². The van der Waals surface area contributed by atoms with Gasteiger partial charge in [-0.15, -0.1) is 0 Å². The smallest absolute Gasteiger partial charge is 0.243 e. The number of piperidine rings is 1. The second kappa shape index (κ2) is 7.82. The van der Waals surface area contributed by atoms with E-state index in [0.29, 0.717) is 18.0 Å². The molecule has 4 rings (SSSR count). The minimum absolute atomic E-state index is 0.140. The van der Waals surface area contributed by atoms with E-state index in [2.05, 4.69) is 4.90 Å². The van der Waals surface area contributed by atoms with E-state index in [1.54, 1.807) is 16.4 Å². The Labute approximate surface area is 163 Å². The molecule has 3 saturated heterocycles. The molecule has 1 spiro atoms. The standard InChI is InChI=1S/C21H32N2O3S/c1-18-3-5-20(6-4-18)27(24,25)23-12-10-21(17-23)9-2-11-22(16-21)15-19-7-13-26-14-8-19/h3-6,19H,2,7-17H2,1H3/t21-/m0/s1. The first kappa shape index (κ1) is 19.4. The average Bonchev–Trinajstić information content (AvgIpc) is 3.07. The Morgan fingerprint density at radius 1 is 1.07 bits per heavy atom. The summed E-state index contributed by atoms with van der Waals surface area (Å²) in [7, 11) is -3.38. The molecule has 0 N–H and O–H groups in total. The summed E-state index contributed by atoms with van der Waals surface area (Å²) in [6, 6.07) is 7.26. The Balaban J connectivity index is 1.42. The lowest BCUT2D eigenvalue weighted by molar-refractivity contribution is 0.0327. The molecule has 27 heavy (non-hydrogen) atoms. The number of benzene rings is 1. The van der Waals surface area contributed by atoms with Crippen molar-refractivity contribution in [2.45, 2.75) is 43.9 Å². The molecule has 3 aliphatic heterocycles. The van der Waals surface area contributed by atoms with Crippen molar-refractivity contribution in [2.24, 2.45) is 11.3 Å². The van der Waals surface area contributed by atoms with Crippen molar-refractivity contribution in [1.29, 1.82) is 0 Å². The minimum Gasteiger partial charge on any atom is -0.381 e. The summed E-state index contributed by atoms with van der Waals surface area (Å²) < 4.78 is 33.4. The highest BCUT2D eigenvalue weighted by atomic mass is 32.2. The molecular weight excluding hydrogens is 360 g/mol. The first-order valence-electron chi connectivity index (χ1n) is 10.3. The van der Waals surface area contributed by atoms with Gasteiger partial charge < -0.3 is 9.64 Å². The van der Waals surface area contributed by atoms with Crippen LogP contribution in [0.15, 0.2) is 29.2 Å². The zero-order chi connectivity index (χ0) is 18.9. The summed E-state index contributed by atoms with van der Waals surface area (Å²) in [5.41, 5.74) is 1.23. The number of likely N-dealkylation sites (tertiary alicyclic amines) is 1. The fourth-order valence-corrected chi connectivity index (χ4v) is 6.61. The maximum Gasteiger partial charge on any atom is 0.243 e. The third-order valence-electron chi connectivity index (χ3n) is 6.66. The number of hydrogen-bond donors (Lipinski definition) is 0. The van der Waals surface area contributed by atoms with Crippen LogP contribution >= 0.6 is 0 Å². The Morgan fingerprint density at radius 3 is 2.56 bits per heavy atom. The van der Waals surface area contributed by atoms with E-state index in [9.17, 15) is 8.42 Å². The highest BCUT2D eigenvalue weighted by Gasteiger charge is 2.45. The van der Waals surface area contributed by atoms with Gasteiger partial charge in [0.15, 0.2) is 0 Å². The Bertz CT molecular complexity index is 743. The molecule has 1 atom stereocenters. The molecule has 1 aromatic rings. The topological polar surface area (TPSA) is 49.9 Å². The lowest BCUT2D eigenvalue weighted by Crippen LogP contribution is -2.47. The lowest BCUT2D eigenvalue weighted by Gasteiger charge is -2.42. The Kier molecular flexibility index (Phi) is 5.61. The number of hydrogen-bond acceptors (Lipinski definition) is 4. The van der Waals surface area contributed by atoms with Gasteiger partial charge >= 0.3 is 0 Å². The van der Waals surface area contributed by atoms with Crippen LogP contribution in [0.1, 0.15) is 37.7 Å². The summed E-state index contributed by atoms with van der Waals surface area (Å²) in [6.07, 6.45) is 5.65. The van der Waals surface area contributed by atoms with Gasteiger partial charge in [-0.1, -0.05) is 17.7 Å². The molecule has 0 unspecified atom stereocenters. The minimum atomic E-state index is -3.38. The van der Waals surface area contributed by atoms with Crippen molar-refractivity contribution in [2.75, 3.05) is 45.9 Å². The summed E-state index contributed by atoms with van der Waals surface area (Å²) >= 11 is 0. The first-order chi connectivity index (χ1) is 13.0. The maximum atomic E-state index is 13.1. The molecule has 3 heterocycles. The zero-order valence-electron chi connectivity index (χ0n) is 16.4. The quantitative estimate of drug-likeness (QED) is 0.791. The van der Waals surface area contributed by atoms with E-state index in [1.165, 1.54) is 6.42 Å². The van der Waals surface area contributed by atoms with Crippen LogP contribution in [-0.2, 0) is 14.8 Å². The molecule has 1 aromatic carbocycles. The van der Waals surface area contributed by atoms with Gasteiger partial charge in [0.1, 0.15) is 0 Å². The normalized spacial score (nSPS) is 28.8. The van der Waals surface area contributed by atoms with Gasteiger partial charge in [-0.05, 0) is 69.0 Å². The SMILES string of the molecule is Cc1ccc(S(=O)(=O)N2CC[C@]3(CCCN(CC4CCOCC4)C3)C2)cc1. The molecule has 6 heteroatoms. The molecule has 3 fully saturated rings. The molecule has 0 aliphatic carbocycles. The summed E-state index contributed by atoms with van der Waals surface area (Å²) in [4.78, 5) is 3.03. The van der Waals surface area contributed by atoms with Gasteiger partial charge in [0.25, 0.3) is 0 Å². The average molecular weight is 393 g/mol. The number of sulfonamides is 1. The monoisotopic (exact) mass is 392 g/mol. The maximum absolute atomic E-state index is 13.1. The molecule has 5 nitrogen and oxygen atoms in total. The van der Waals surface area contributed by atoms with E-state index < -0.39 is 10.0 Å². The van der Waals surface area contributed by atoms with Gasteiger partial charge in [0.05, 0.1) is 4.90 Å². The van der Waals surface area contributed by atoms with Gasteiger partial charge in [-0.2, -0.15) is 4.31 Å². The zero-order valence-corrected chi connectivity index (χ0v) is 17.2. The molecule has 0 radical (unpaired) electrons. The van der Waals surface area contributed by atoms with Gasteiger partial charge in [0.2, 0.25) is 10.0 Å². The highest BCUT2D eigenvalue weighted by Crippen LogP contribution is 2.41. The van der Waals surface area contributed by atoms with E-state index in [4.69, 9.17) is 4.74 Å². The second-order valence-electron chi connectivity index (χ2n) is 8.80. The molecule has 0 saturated carbocycles. The van der Waals surface area contributed by atoms with E-state index in [0.717, 1.165) is 70.0 Å². The molecule has 150 valence electrons. The molecule has 0 aromatic heterocycles. The predicted molar refractivity (Wildman–Crippen MR) is 106 cm³/mol. The van der Waals surface area contributed by atoms with Crippen LogP contribution in [0.3, 0.4) is 0 Å². The van der Waals surface area contributed by atoms with Crippen molar-refractivity contribution in [3.05, 3.63) is 29.8 Å². The number of nitrogens with zero attached hydrogens (tertiary/aromatic N) is 2. The van der Waals surface area contributed by atoms with Crippen LogP contribution in [0.5, 0.6) is 0 Å². The fraction of sp³-hybridized carbons (Fsp3) is 0.714. The summed E-state index contributed by atoms with van der Waals surface area (Å²) in [6.45, 7) is 8.45. The fourth-order valence-electron chi connectivity index (χ4n) is 5.05. The Hall–Kier alpha value is -0.950. The Morgan fingerprint density at radius 2 is 1.81 bits per heavy atom. The largest absolute Gasteiger partial charge is 0.381 e. The van der Waals surface area contributed by atoms with E-state index in [1.807, 2.05) is 19.1 Å². The van der Waals surface area contributed by atoms with E-state index in [-0.39, 0.29) is 5.41 Å². The van der Waals surface area contributed by atoms with Crippen LogP contribution in [0, 0.1) is 18.3 Å². The molecule has 0 bridgehead atoms. The van der Waals surface area contributed by atoms with Crippen LogP contribution in [-0.4, -0.2) is 63.6 Å². The van der Waals surface area contributed by atoms with Gasteiger partial charge in [-0.3, -0.25) is 0 Å². The predicted octanol–water partition coefficient (Wildman–Crippen LogP) is 2.90.